The van der Waals surface area contributed by atoms with E-state index in [4.69, 9.17) is 4.52 Å². The van der Waals surface area contributed by atoms with Gasteiger partial charge in [0.05, 0.1) is 10.5 Å². The Kier molecular flexibility index (Phi) is 3.94. The van der Waals surface area contributed by atoms with Crippen molar-refractivity contribution >= 4 is 21.6 Å². The molecule has 0 fully saturated rings. The number of hydrogen-bond donors (Lipinski definition) is 2. The lowest BCUT2D eigenvalue weighted by Crippen LogP contribution is -1.90. The van der Waals surface area contributed by atoms with Crippen LogP contribution in [-0.2, 0) is 0 Å². The molecule has 122 valence electrons. The second-order valence-electron chi connectivity index (χ2n) is 4.99. The first-order chi connectivity index (χ1) is 11.4. The summed E-state index contributed by atoms with van der Waals surface area (Å²) >= 11 is 3.34. The van der Waals surface area contributed by atoms with Crippen LogP contribution < -0.4 is 0 Å². The summed E-state index contributed by atoms with van der Waals surface area (Å²) in [6, 6.07) is 7.45. The summed E-state index contributed by atoms with van der Waals surface area (Å²) in [7, 11) is 0. The maximum Gasteiger partial charge on any atom is 0.315 e. The number of nitro benzene ring substituents is 1. The van der Waals surface area contributed by atoms with Crippen molar-refractivity contribution in [1.82, 2.24) is 10.1 Å². The smallest absolute Gasteiger partial charge is 0.315 e. The Morgan fingerprint density at radius 3 is 2.67 bits per heavy atom. The molecule has 2 heterocycles. The van der Waals surface area contributed by atoms with Gasteiger partial charge in [-0.3, -0.25) is 10.1 Å². The molecule has 0 amide bonds. The third-order valence-corrected chi connectivity index (χ3v) is 3.93. The minimum Gasteiger partial charge on any atom is -0.504 e. The molecule has 3 aromatic rings. The minimum absolute atomic E-state index is 0.239. The summed E-state index contributed by atoms with van der Waals surface area (Å²) in [6.07, 6.45) is 0. The number of phenolic OH excluding ortho intramolecular Hbond substituents is 2. The average molecular weight is 392 g/mol. The minimum atomic E-state index is -0.794. The van der Waals surface area contributed by atoms with Crippen molar-refractivity contribution in [1.29, 1.82) is 0 Å². The van der Waals surface area contributed by atoms with Crippen LogP contribution in [-0.4, -0.2) is 25.3 Å². The Hall–Kier alpha value is -2.94. The third kappa shape index (κ3) is 2.81. The highest BCUT2D eigenvalue weighted by atomic mass is 79.9. The zero-order valence-corrected chi connectivity index (χ0v) is 13.8. The number of halogens is 1. The molecule has 0 unspecified atom stereocenters. The first-order valence-corrected chi connectivity index (χ1v) is 7.47. The average Bonchev–Trinajstić information content (AvgIpc) is 2.99. The molecule has 0 saturated carbocycles. The SMILES string of the molecule is Cc1ccc(-c2cc(-c3cc(O)c(O)c([N+](=O)[O-])c3)no2)c(Br)n1. The number of nitro groups is 1. The van der Waals surface area contributed by atoms with Crippen molar-refractivity contribution in [2.24, 2.45) is 0 Å². The molecule has 3 rings (SSSR count). The molecule has 9 heteroatoms. The van der Waals surface area contributed by atoms with Gasteiger partial charge in [-0.25, -0.2) is 4.98 Å². The monoisotopic (exact) mass is 391 g/mol. The third-order valence-electron chi connectivity index (χ3n) is 3.33. The molecule has 1 aromatic carbocycles. The van der Waals surface area contributed by atoms with Gasteiger partial charge >= 0.3 is 5.69 Å². The molecular formula is C15H10BrN3O5. The summed E-state index contributed by atoms with van der Waals surface area (Å²) < 4.78 is 5.84. The Labute approximate surface area is 143 Å². The summed E-state index contributed by atoms with van der Waals surface area (Å²) in [5.41, 5.74) is 1.38. The van der Waals surface area contributed by atoms with Crippen LogP contribution in [0.3, 0.4) is 0 Å². The van der Waals surface area contributed by atoms with E-state index in [1.165, 1.54) is 6.07 Å². The van der Waals surface area contributed by atoms with E-state index in [0.29, 0.717) is 15.9 Å². The zero-order chi connectivity index (χ0) is 17.4. The first kappa shape index (κ1) is 15.9. The fourth-order valence-electron chi connectivity index (χ4n) is 2.14. The van der Waals surface area contributed by atoms with E-state index in [2.05, 4.69) is 26.1 Å². The first-order valence-electron chi connectivity index (χ1n) is 6.68. The summed E-state index contributed by atoms with van der Waals surface area (Å²) in [4.78, 5) is 14.4. The van der Waals surface area contributed by atoms with Crippen LogP contribution in [0.4, 0.5) is 5.69 Å². The predicted octanol–water partition coefficient (Wildman–Crippen LogP) is 3.79. The van der Waals surface area contributed by atoms with E-state index in [9.17, 15) is 20.3 Å². The van der Waals surface area contributed by atoms with Crippen LogP contribution >= 0.6 is 15.9 Å². The molecule has 0 spiro atoms. The van der Waals surface area contributed by atoms with Crippen LogP contribution in [0.25, 0.3) is 22.6 Å². The Bertz CT molecular complexity index is 954. The number of aromatic nitrogens is 2. The van der Waals surface area contributed by atoms with Crippen molar-refractivity contribution in [3.63, 3.8) is 0 Å². The second-order valence-corrected chi connectivity index (χ2v) is 5.74. The highest BCUT2D eigenvalue weighted by Gasteiger charge is 2.21. The Morgan fingerprint density at radius 1 is 1.25 bits per heavy atom. The molecule has 2 aromatic heterocycles. The van der Waals surface area contributed by atoms with Crippen molar-refractivity contribution in [3.8, 4) is 34.1 Å². The fourth-order valence-corrected chi connectivity index (χ4v) is 2.75. The van der Waals surface area contributed by atoms with Gasteiger partial charge in [-0.2, -0.15) is 0 Å². The van der Waals surface area contributed by atoms with Crippen LogP contribution in [0.1, 0.15) is 5.69 Å². The largest absolute Gasteiger partial charge is 0.504 e. The lowest BCUT2D eigenvalue weighted by atomic mass is 10.1. The molecule has 8 nitrogen and oxygen atoms in total. The van der Waals surface area contributed by atoms with Crippen molar-refractivity contribution in [2.45, 2.75) is 6.92 Å². The molecule has 0 aliphatic heterocycles. The Morgan fingerprint density at radius 2 is 2.00 bits per heavy atom. The lowest BCUT2D eigenvalue weighted by Gasteiger charge is -2.02. The fraction of sp³-hybridized carbons (Fsp3) is 0.0667. The van der Waals surface area contributed by atoms with Gasteiger partial charge in [-0.05, 0) is 41.1 Å². The topological polar surface area (TPSA) is 123 Å². The summed E-state index contributed by atoms with van der Waals surface area (Å²) in [6.45, 7) is 1.85. The highest BCUT2D eigenvalue weighted by Crippen LogP contribution is 2.40. The predicted molar refractivity (Wildman–Crippen MR) is 87.6 cm³/mol. The van der Waals surface area contributed by atoms with Crippen LogP contribution in [0, 0.1) is 17.0 Å². The zero-order valence-electron chi connectivity index (χ0n) is 12.2. The van der Waals surface area contributed by atoms with E-state index in [1.807, 2.05) is 6.92 Å². The van der Waals surface area contributed by atoms with Crippen molar-refractivity contribution in [3.05, 3.63) is 50.7 Å². The van der Waals surface area contributed by atoms with E-state index in [1.54, 1.807) is 18.2 Å². The molecular weight excluding hydrogens is 382 g/mol. The van der Waals surface area contributed by atoms with E-state index < -0.39 is 22.1 Å². The summed E-state index contributed by atoms with van der Waals surface area (Å²) in [5.74, 6) is -1.00. The molecule has 0 aliphatic rings. The molecule has 24 heavy (non-hydrogen) atoms. The van der Waals surface area contributed by atoms with E-state index >= 15 is 0 Å². The second kappa shape index (κ2) is 5.93. The Balaban J connectivity index is 2.07. The van der Waals surface area contributed by atoms with Gasteiger partial charge in [-0.1, -0.05) is 5.16 Å². The van der Waals surface area contributed by atoms with Crippen molar-refractivity contribution < 1.29 is 19.7 Å². The molecule has 0 aliphatic carbocycles. The van der Waals surface area contributed by atoms with Gasteiger partial charge < -0.3 is 14.7 Å². The van der Waals surface area contributed by atoms with Gasteiger partial charge in [-0.15, -0.1) is 0 Å². The van der Waals surface area contributed by atoms with Gasteiger partial charge in [0.15, 0.2) is 11.5 Å². The maximum absolute atomic E-state index is 10.9. The van der Waals surface area contributed by atoms with Crippen LogP contribution in [0.2, 0.25) is 0 Å². The van der Waals surface area contributed by atoms with Gasteiger partial charge in [0, 0.05) is 23.4 Å². The van der Waals surface area contributed by atoms with Crippen LogP contribution in [0.5, 0.6) is 11.5 Å². The number of aromatic hydroxyl groups is 2. The number of phenols is 2. The quantitative estimate of drug-likeness (QED) is 0.301. The molecule has 2 N–H and O–H groups in total. The van der Waals surface area contributed by atoms with Crippen LogP contribution in [0.15, 0.2) is 39.5 Å². The highest BCUT2D eigenvalue weighted by molar-refractivity contribution is 9.10. The number of benzene rings is 1. The summed E-state index contributed by atoms with van der Waals surface area (Å²) in [5, 5.41) is 34.0. The van der Waals surface area contributed by atoms with E-state index in [-0.39, 0.29) is 11.3 Å². The molecule has 0 radical (unpaired) electrons. The standard InChI is InChI=1S/C15H10BrN3O5/c1-7-2-3-9(15(16)17-7)13-6-10(18-24-13)8-4-11(19(22)23)14(21)12(20)5-8/h2-6,20-21H,1H3. The van der Waals surface area contributed by atoms with Gasteiger partial charge in [0.25, 0.3) is 0 Å². The van der Waals surface area contributed by atoms with E-state index in [0.717, 1.165) is 11.8 Å². The number of aryl methyl sites for hydroxylation is 1. The lowest BCUT2D eigenvalue weighted by molar-refractivity contribution is -0.385. The number of pyridine rings is 1. The van der Waals surface area contributed by atoms with Gasteiger partial charge in [0.1, 0.15) is 10.3 Å². The van der Waals surface area contributed by atoms with Crippen molar-refractivity contribution in [2.75, 3.05) is 0 Å². The molecule has 0 saturated heterocycles. The number of nitrogens with zero attached hydrogens (tertiary/aromatic N) is 3. The number of hydrogen-bond acceptors (Lipinski definition) is 7. The molecule has 0 atom stereocenters. The maximum atomic E-state index is 10.9. The number of rotatable bonds is 3. The normalized spacial score (nSPS) is 10.8. The van der Waals surface area contributed by atoms with Gasteiger partial charge in [0.2, 0.25) is 5.75 Å². The molecule has 0 bridgehead atoms.